The van der Waals surface area contributed by atoms with Crippen molar-refractivity contribution < 1.29 is 19.1 Å². The summed E-state index contributed by atoms with van der Waals surface area (Å²) in [6.45, 7) is 2.62. The molecule has 2 fully saturated rings. The molecule has 2 saturated heterocycles. The molecule has 1 aromatic carbocycles. The van der Waals surface area contributed by atoms with Gasteiger partial charge in [-0.3, -0.25) is 19.7 Å². The minimum atomic E-state index is -0.633. The molecule has 0 radical (unpaired) electrons. The number of piperazine rings is 1. The topological polar surface area (TPSA) is 79.0 Å². The van der Waals surface area contributed by atoms with Crippen LogP contribution in [0.1, 0.15) is 12.8 Å². The Morgan fingerprint density at radius 1 is 1.12 bits per heavy atom. The van der Waals surface area contributed by atoms with Crippen LogP contribution in [0.5, 0.6) is 5.75 Å². The first-order chi connectivity index (χ1) is 11.5. The zero-order valence-corrected chi connectivity index (χ0v) is 13.8. The number of nitrogens with zero attached hydrogens (tertiary/aromatic N) is 2. The fourth-order valence-corrected chi connectivity index (χ4v) is 3.00. The molecule has 3 rings (SSSR count). The monoisotopic (exact) mass is 351 g/mol. The summed E-state index contributed by atoms with van der Waals surface area (Å²) in [6.07, 6.45) is 0.0469. The van der Waals surface area contributed by atoms with E-state index in [0.29, 0.717) is 38.3 Å². The van der Waals surface area contributed by atoms with Gasteiger partial charge < -0.3 is 14.5 Å². The molecule has 128 valence electrons. The number of hydrogen-bond acceptors (Lipinski definition) is 5. The van der Waals surface area contributed by atoms with Gasteiger partial charge in [-0.1, -0.05) is 0 Å². The average molecular weight is 352 g/mol. The Morgan fingerprint density at radius 3 is 2.38 bits per heavy atom. The molecule has 2 aliphatic heterocycles. The number of benzene rings is 1. The third-order valence-electron chi connectivity index (χ3n) is 4.20. The van der Waals surface area contributed by atoms with E-state index in [-0.39, 0.29) is 12.3 Å². The van der Waals surface area contributed by atoms with Crippen LogP contribution in [0.4, 0.5) is 10.5 Å². The van der Waals surface area contributed by atoms with Crippen LogP contribution in [-0.2, 0) is 9.59 Å². The van der Waals surface area contributed by atoms with Gasteiger partial charge in [0.15, 0.2) is 6.10 Å². The standard InChI is InChI=1S/C16H18ClN3O4/c17-16(23)20-9-7-19(8-10-20)11-1-3-12(4-2-11)24-13-5-6-14(21)18-15(13)22/h1-4,13H,5-10H2,(H,18,21,22). The lowest BCUT2D eigenvalue weighted by atomic mass is 10.1. The highest BCUT2D eigenvalue weighted by Gasteiger charge is 2.28. The minimum Gasteiger partial charge on any atom is -0.481 e. The molecule has 0 bridgehead atoms. The lowest BCUT2D eigenvalue weighted by Gasteiger charge is -2.35. The Bertz CT molecular complexity index is 641. The van der Waals surface area contributed by atoms with Gasteiger partial charge in [-0.05, 0) is 35.9 Å². The Hall–Kier alpha value is -2.28. The van der Waals surface area contributed by atoms with Gasteiger partial charge in [0, 0.05) is 44.7 Å². The number of carbonyl (C=O) groups is 3. The maximum absolute atomic E-state index is 11.7. The van der Waals surface area contributed by atoms with Crippen LogP contribution in [0.15, 0.2) is 24.3 Å². The summed E-state index contributed by atoms with van der Waals surface area (Å²) >= 11 is 5.48. The van der Waals surface area contributed by atoms with Crippen molar-refractivity contribution in [2.75, 3.05) is 31.1 Å². The molecule has 2 heterocycles. The summed E-state index contributed by atoms with van der Waals surface area (Å²) in [4.78, 5) is 37.7. The molecule has 1 N–H and O–H groups in total. The first kappa shape index (κ1) is 16.6. The van der Waals surface area contributed by atoms with Crippen LogP contribution < -0.4 is 15.0 Å². The Kier molecular flexibility index (Phi) is 4.89. The van der Waals surface area contributed by atoms with Crippen molar-refractivity contribution in [2.24, 2.45) is 0 Å². The SMILES string of the molecule is O=C1CCC(Oc2ccc(N3CCN(C(=O)Cl)CC3)cc2)C(=O)N1. The zero-order valence-electron chi connectivity index (χ0n) is 13.0. The first-order valence-corrected chi connectivity index (χ1v) is 8.20. The van der Waals surface area contributed by atoms with Gasteiger partial charge in [0.05, 0.1) is 0 Å². The summed E-state index contributed by atoms with van der Waals surface area (Å²) in [5, 5.41) is 1.86. The number of anilines is 1. The number of halogens is 1. The van der Waals surface area contributed by atoms with Gasteiger partial charge in [-0.2, -0.15) is 0 Å². The second kappa shape index (κ2) is 7.09. The highest BCUT2D eigenvalue weighted by Crippen LogP contribution is 2.23. The number of carbonyl (C=O) groups excluding carboxylic acids is 3. The average Bonchev–Trinajstić information content (AvgIpc) is 2.58. The predicted octanol–water partition coefficient (Wildman–Crippen LogP) is 1.35. The van der Waals surface area contributed by atoms with E-state index < -0.39 is 17.4 Å². The lowest BCUT2D eigenvalue weighted by Crippen LogP contribution is -2.47. The van der Waals surface area contributed by atoms with Crippen LogP contribution in [0.3, 0.4) is 0 Å². The van der Waals surface area contributed by atoms with Gasteiger partial charge in [0.2, 0.25) is 5.91 Å². The van der Waals surface area contributed by atoms with E-state index in [9.17, 15) is 14.4 Å². The largest absolute Gasteiger partial charge is 0.481 e. The number of amides is 3. The molecule has 1 atom stereocenters. The Morgan fingerprint density at radius 2 is 1.79 bits per heavy atom. The van der Waals surface area contributed by atoms with E-state index >= 15 is 0 Å². The second-order valence-electron chi connectivity index (χ2n) is 5.78. The molecule has 7 nitrogen and oxygen atoms in total. The maximum atomic E-state index is 11.7. The van der Waals surface area contributed by atoms with Gasteiger partial charge in [-0.15, -0.1) is 0 Å². The highest BCUT2D eigenvalue weighted by atomic mass is 35.5. The normalized spacial score (nSPS) is 21.5. The van der Waals surface area contributed by atoms with E-state index in [1.165, 1.54) is 0 Å². The highest BCUT2D eigenvalue weighted by molar-refractivity contribution is 6.62. The van der Waals surface area contributed by atoms with Gasteiger partial charge in [0.1, 0.15) is 5.75 Å². The van der Waals surface area contributed by atoms with Crippen molar-refractivity contribution in [1.29, 1.82) is 0 Å². The molecule has 2 aliphatic rings. The predicted molar refractivity (Wildman–Crippen MR) is 88.3 cm³/mol. The van der Waals surface area contributed by atoms with Crippen LogP contribution in [0, 0.1) is 0 Å². The van der Waals surface area contributed by atoms with Gasteiger partial charge >= 0.3 is 5.37 Å². The van der Waals surface area contributed by atoms with Crippen LogP contribution >= 0.6 is 11.6 Å². The zero-order chi connectivity index (χ0) is 17.1. The molecule has 8 heteroatoms. The molecular formula is C16H18ClN3O4. The fraction of sp³-hybridized carbons (Fsp3) is 0.438. The first-order valence-electron chi connectivity index (χ1n) is 7.83. The minimum absolute atomic E-state index is 0.259. The molecule has 3 amide bonds. The van der Waals surface area contributed by atoms with Crippen molar-refractivity contribution in [1.82, 2.24) is 10.2 Å². The fourth-order valence-electron chi connectivity index (χ4n) is 2.83. The van der Waals surface area contributed by atoms with E-state index in [0.717, 1.165) is 5.69 Å². The second-order valence-corrected chi connectivity index (χ2v) is 6.10. The number of imide groups is 1. The lowest BCUT2D eigenvalue weighted by molar-refractivity contribution is -0.138. The summed E-state index contributed by atoms with van der Waals surface area (Å²) in [6, 6.07) is 7.44. The Labute approximate surface area is 144 Å². The van der Waals surface area contributed by atoms with Crippen molar-refractivity contribution in [3.05, 3.63) is 24.3 Å². The maximum Gasteiger partial charge on any atom is 0.316 e. The summed E-state index contributed by atoms with van der Waals surface area (Å²) in [5.74, 6) is -0.0650. The molecule has 0 aromatic heterocycles. The van der Waals surface area contributed by atoms with E-state index in [1.54, 1.807) is 17.0 Å². The third-order valence-corrected chi connectivity index (χ3v) is 4.44. The van der Waals surface area contributed by atoms with Crippen LogP contribution in [0.25, 0.3) is 0 Å². The number of ether oxygens (including phenoxy) is 1. The summed E-state index contributed by atoms with van der Waals surface area (Å²) in [7, 11) is 0. The van der Waals surface area contributed by atoms with Gasteiger partial charge in [0.25, 0.3) is 5.91 Å². The van der Waals surface area contributed by atoms with Crippen molar-refractivity contribution >= 4 is 34.5 Å². The molecule has 1 aromatic rings. The quantitative estimate of drug-likeness (QED) is 0.505. The van der Waals surface area contributed by atoms with Gasteiger partial charge in [-0.25, -0.2) is 0 Å². The smallest absolute Gasteiger partial charge is 0.316 e. The number of rotatable bonds is 3. The number of piperidine rings is 1. The van der Waals surface area contributed by atoms with E-state index in [1.807, 2.05) is 12.1 Å². The number of nitrogens with one attached hydrogen (secondary N) is 1. The van der Waals surface area contributed by atoms with Crippen LogP contribution in [0.2, 0.25) is 0 Å². The van der Waals surface area contributed by atoms with Crippen LogP contribution in [-0.4, -0.2) is 54.4 Å². The van der Waals surface area contributed by atoms with Crippen molar-refractivity contribution in [3.8, 4) is 5.75 Å². The Balaban J connectivity index is 1.57. The van der Waals surface area contributed by atoms with Crippen molar-refractivity contribution in [3.63, 3.8) is 0 Å². The molecule has 0 aliphatic carbocycles. The number of hydrogen-bond donors (Lipinski definition) is 1. The third kappa shape index (κ3) is 3.79. The summed E-state index contributed by atoms with van der Waals surface area (Å²) in [5.41, 5.74) is 1.02. The molecule has 24 heavy (non-hydrogen) atoms. The molecular weight excluding hydrogens is 334 g/mol. The van der Waals surface area contributed by atoms with E-state index in [4.69, 9.17) is 16.3 Å². The molecule has 0 spiro atoms. The van der Waals surface area contributed by atoms with Crippen molar-refractivity contribution in [2.45, 2.75) is 18.9 Å². The summed E-state index contributed by atoms with van der Waals surface area (Å²) < 4.78 is 5.65. The molecule has 1 unspecified atom stereocenters. The molecule has 0 saturated carbocycles. The van der Waals surface area contributed by atoms with E-state index in [2.05, 4.69) is 10.2 Å².